The van der Waals surface area contributed by atoms with Crippen molar-refractivity contribution in [1.29, 1.82) is 0 Å². The highest BCUT2D eigenvalue weighted by atomic mass is 16.3. The van der Waals surface area contributed by atoms with Crippen LogP contribution in [0.1, 0.15) is 22.1 Å². The van der Waals surface area contributed by atoms with Crippen LogP contribution in [-0.2, 0) is 0 Å². The molecule has 0 spiro atoms. The van der Waals surface area contributed by atoms with E-state index in [1.54, 1.807) is 0 Å². The number of para-hydroxylation sites is 1. The van der Waals surface area contributed by atoms with Crippen molar-refractivity contribution in [2.45, 2.75) is 0 Å². The largest absolute Gasteiger partial charge is 0.456 e. The van der Waals surface area contributed by atoms with Crippen molar-refractivity contribution in [3.63, 3.8) is 0 Å². The van der Waals surface area contributed by atoms with Crippen molar-refractivity contribution in [1.82, 2.24) is 0 Å². The molecule has 2 aliphatic rings. The fourth-order valence-corrected chi connectivity index (χ4v) is 5.91. The number of furan rings is 1. The maximum absolute atomic E-state index is 9.24. The Bertz CT molecular complexity index is 2490. The van der Waals surface area contributed by atoms with Gasteiger partial charge in [0.2, 0.25) is 0 Å². The second kappa shape index (κ2) is 8.85. The second-order valence-electron chi connectivity index (χ2n) is 9.82. The average molecular weight is 507 g/mol. The first-order valence-electron chi connectivity index (χ1n) is 16.9. The van der Waals surface area contributed by atoms with Crippen LogP contribution in [0, 0.1) is 11.8 Å². The first kappa shape index (κ1) is 15.5. The van der Waals surface area contributed by atoms with Gasteiger partial charge in [0.15, 0.2) is 0 Å². The van der Waals surface area contributed by atoms with Crippen molar-refractivity contribution in [2.24, 2.45) is 11.8 Å². The van der Waals surface area contributed by atoms with Gasteiger partial charge < -0.3 is 4.42 Å². The number of benzene rings is 5. The molecule has 8 rings (SSSR count). The van der Waals surface area contributed by atoms with Crippen molar-refractivity contribution in [3.8, 4) is 11.1 Å². The molecule has 1 aromatic heterocycles. The molecule has 6 aromatic rings. The Morgan fingerprint density at radius 1 is 0.513 bits per heavy atom. The lowest BCUT2D eigenvalue weighted by Crippen LogP contribution is -2.40. The molecule has 39 heavy (non-hydrogen) atoms. The number of fused-ring (bicyclic) bond motifs is 5. The van der Waals surface area contributed by atoms with Crippen LogP contribution in [0.3, 0.4) is 0 Å². The Labute approximate surface area is 238 Å². The van der Waals surface area contributed by atoms with E-state index < -0.39 is 23.9 Å². The molecule has 5 aromatic carbocycles. The number of rotatable bonds is 3. The highest BCUT2D eigenvalue weighted by Gasteiger charge is 2.32. The van der Waals surface area contributed by atoms with Crippen LogP contribution >= 0.6 is 0 Å². The van der Waals surface area contributed by atoms with E-state index in [1.165, 1.54) is 0 Å². The smallest absolute Gasteiger partial charge is 0.135 e. The summed E-state index contributed by atoms with van der Waals surface area (Å²) < 4.78 is 77.6. The van der Waals surface area contributed by atoms with Gasteiger partial charge in [-0.2, -0.15) is 0 Å². The average Bonchev–Trinajstić information content (AvgIpc) is 3.48. The molecule has 0 N–H and O–H groups in total. The van der Waals surface area contributed by atoms with Crippen LogP contribution in [0.4, 0.5) is 0 Å². The van der Waals surface area contributed by atoms with Crippen molar-refractivity contribution < 1.29 is 15.4 Å². The molecular weight excluding hydrogens is 472 g/mol. The van der Waals surface area contributed by atoms with E-state index in [1.807, 2.05) is 97.1 Å². The first-order chi connectivity index (χ1) is 22.7. The van der Waals surface area contributed by atoms with Gasteiger partial charge in [0.25, 0.3) is 0 Å². The Morgan fingerprint density at radius 3 is 1.82 bits per heavy atom. The fraction of sp³-hybridized carbons (Fsp3) is 0.0526. The minimum atomic E-state index is -0.949. The van der Waals surface area contributed by atoms with Crippen LogP contribution < -0.4 is 10.4 Å². The van der Waals surface area contributed by atoms with Crippen LogP contribution in [0.5, 0.6) is 0 Å². The van der Waals surface area contributed by atoms with Crippen molar-refractivity contribution >= 4 is 33.1 Å². The summed E-state index contributed by atoms with van der Waals surface area (Å²) in [6.07, 6.45) is 0. The van der Waals surface area contributed by atoms with Crippen LogP contribution in [0.15, 0.2) is 150 Å². The zero-order valence-corrected chi connectivity index (χ0v) is 20.8. The van der Waals surface area contributed by atoms with Gasteiger partial charge in [-0.25, -0.2) is 0 Å². The molecule has 184 valence electrons. The van der Waals surface area contributed by atoms with Gasteiger partial charge in [0, 0.05) is 22.6 Å². The minimum absolute atomic E-state index is 0.163. The van der Waals surface area contributed by atoms with E-state index >= 15 is 0 Å². The molecular formula is C38H26O. The highest BCUT2D eigenvalue weighted by Crippen LogP contribution is 2.41. The summed E-state index contributed by atoms with van der Waals surface area (Å²) >= 11 is 0. The van der Waals surface area contributed by atoms with Gasteiger partial charge in [-0.05, 0) is 62.0 Å². The van der Waals surface area contributed by atoms with Crippen LogP contribution in [0.25, 0.3) is 44.2 Å². The molecule has 0 fully saturated rings. The minimum Gasteiger partial charge on any atom is -0.456 e. The summed E-state index contributed by atoms with van der Waals surface area (Å²) in [7, 11) is 0. The van der Waals surface area contributed by atoms with E-state index in [0.29, 0.717) is 33.4 Å². The predicted molar refractivity (Wildman–Crippen MR) is 162 cm³/mol. The van der Waals surface area contributed by atoms with Gasteiger partial charge in [-0.3, -0.25) is 0 Å². The van der Waals surface area contributed by atoms with Gasteiger partial charge in [0.1, 0.15) is 11.2 Å². The molecule has 0 saturated carbocycles. The molecule has 1 heterocycles. The zero-order chi connectivity index (χ0) is 32.7. The molecule has 0 radical (unpaired) electrons. The maximum Gasteiger partial charge on any atom is 0.135 e. The van der Waals surface area contributed by atoms with Gasteiger partial charge in [0.05, 0.1) is 11.0 Å². The van der Waals surface area contributed by atoms with E-state index in [9.17, 15) is 5.48 Å². The van der Waals surface area contributed by atoms with E-state index in [0.717, 1.165) is 21.9 Å². The molecule has 2 atom stereocenters. The molecule has 0 aliphatic heterocycles. The fourth-order valence-electron chi connectivity index (χ4n) is 5.91. The Balaban J connectivity index is 1.54. The van der Waals surface area contributed by atoms with E-state index in [4.69, 9.17) is 9.90 Å². The lowest BCUT2D eigenvalue weighted by molar-refractivity contribution is 0.668. The Hall–Kier alpha value is -4.88. The molecule has 0 amide bonds. The molecule has 0 bridgehead atoms. The molecule has 2 unspecified atom stereocenters. The Kier molecular flexibility index (Phi) is 3.52. The number of hydrogen-bond donors (Lipinski definition) is 0. The van der Waals surface area contributed by atoms with Crippen molar-refractivity contribution in [3.05, 3.63) is 167 Å². The van der Waals surface area contributed by atoms with E-state index in [2.05, 4.69) is 0 Å². The topological polar surface area (TPSA) is 13.1 Å². The quantitative estimate of drug-likeness (QED) is 0.237. The zero-order valence-electron chi connectivity index (χ0n) is 28.8. The Morgan fingerprint density at radius 2 is 1.08 bits per heavy atom. The highest BCUT2D eigenvalue weighted by molar-refractivity contribution is 6.06. The summed E-state index contributed by atoms with van der Waals surface area (Å²) in [6.45, 7) is 0. The molecule has 0 saturated heterocycles. The van der Waals surface area contributed by atoms with Crippen molar-refractivity contribution in [2.75, 3.05) is 0 Å². The third-order valence-electron chi connectivity index (χ3n) is 7.69. The maximum atomic E-state index is 9.24. The lowest BCUT2D eigenvalue weighted by atomic mass is 9.70. The standard InChI is InChI=1S/C38H26O/c1-2-10-25(11-3-1)26-18-20-27(21-19-26)37-30-13-4-6-15-32(30)38(33-16-7-5-14-31(33)37)28-22-23-36-34(24-28)29-12-8-9-17-35(29)39-36/h1-24,30,32H/i4D,5D,6D,7D,13D,14D,15D,16D. The normalized spacial score (nSPS) is 21.8. The summed E-state index contributed by atoms with van der Waals surface area (Å²) in [6, 6.07) is 28.2. The summed E-state index contributed by atoms with van der Waals surface area (Å²) in [4.78, 5) is 0. The lowest BCUT2D eigenvalue weighted by Gasteiger charge is -2.33. The number of allylic oxidation sites excluding steroid dienone is 4. The summed E-state index contributed by atoms with van der Waals surface area (Å²) in [5, 5.41) is 2.16. The summed E-state index contributed by atoms with van der Waals surface area (Å²) in [5.41, 5.74) is 5.40. The van der Waals surface area contributed by atoms with Crippen LogP contribution in [0.2, 0.25) is 0 Å². The summed E-state index contributed by atoms with van der Waals surface area (Å²) in [5.74, 6) is -1.89. The third-order valence-corrected chi connectivity index (χ3v) is 7.69. The van der Waals surface area contributed by atoms with Gasteiger partial charge in [-0.15, -0.1) is 0 Å². The number of hydrogen-bond acceptors (Lipinski definition) is 1. The van der Waals surface area contributed by atoms with Gasteiger partial charge >= 0.3 is 0 Å². The SMILES string of the molecule is [2H]C1=C([2H])C2C(c3ccc(-c4ccccc4)cc3)=c3c([2H])c([2H])c([2H])c([2H])c3=C(c3ccc4oc5ccccc5c4c3)C2C([2H])=C1[2H]. The second-order valence-corrected chi connectivity index (χ2v) is 9.82. The molecule has 2 aliphatic carbocycles. The van der Waals surface area contributed by atoms with E-state index in [-0.39, 0.29) is 46.7 Å². The van der Waals surface area contributed by atoms with Crippen LogP contribution in [-0.4, -0.2) is 0 Å². The first-order valence-corrected chi connectivity index (χ1v) is 12.9. The monoisotopic (exact) mass is 506 g/mol. The predicted octanol–water partition coefficient (Wildman–Crippen LogP) is 8.02. The molecule has 1 nitrogen and oxygen atoms in total. The third kappa shape index (κ3) is 3.55. The van der Waals surface area contributed by atoms with Gasteiger partial charge in [-0.1, -0.05) is 127 Å². The molecule has 1 heteroatoms.